The van der Waals surface area contributed by atoms with Gasteiger partial charge in [0.1, 0.15) is 16.4 Å². The molecule has 0 aliphatic carbocycles. The van der Waals surface area contributed by atoms with Gasteiger partial charge in [-0.3, -0.25) is 4.99 Å². The largest absolute Gasteiger partial charge is 0.506 e. The van der Waals surface area contributed by atoms with Gasteiger partial charge in [-0.1, -0.05) is 23.7 Å². The van der Waals surface area contributed by atoms with Crippen molar-refractivity contribution < 1.29 is 32.9 Å². The maximum Gasteiger partial charge on any atom is 0.343 e. The molecule has 0 radical (unpaired) electrons. The second-order valence-corrected chi connectivity index (χ2v) is 5.79. The highest BCUT2D eigenvalue weighted by Gasteiger charge is 2.24. The Balaban J connectivity index is 2.55. The number of hydrogen-bond acceptors (Lipinski definition) is 5. The number of aliphatic imine (C=N–C) groups is 1. The van der Waals surface area contributed by atoms with Gasteiger partial charge in [0.25, 0.3) is 0 Å². The molecule has 0 bridgehead atoms. The molecule has 2 aromatic rings. The molecular weight excluding hydrogens is 399 g/mol. The van der Waals surface area contributed by atoms with Gasteiger partial charge in [0.15, 0.2) is 17.5 Å². The van der Waals surface area contributed by atoms with Crippen LogP contribution in [0.4, 0.5) is 18.9 Å². The number of esters is 1. The summed E-state index contributed by atoms with van der Waals surface area (Å²) in [6.45, 7) is 1.27. The van der Waals surface area contributed by atoms with E-state index in [1.807, 2.05) is 0 Å². The number of rotatable bonds is 6. The molecule has 0 unspecified atom stereocenters. The number of benzene rings is 2. The summed E-state index contributed by atoms with van der Waals surface area (Å²) in [5, 5.41) is 18.2. The number of carbonyl (C=O) groups excluding carboxylic acids is 1. The Kier molecular flexibility index (Phi) is 7.19. The molecule has 148 valence electrons. The van der Waals surface area contributed by atoms with Crippen LogP contribution in [0.25, 0.3) is 5.76 Å². The first-order valence-electron chi connectivity index (χ1n) is 7.97. The van der Waals surface area contributed by atoms with Crippen LogP contribution in [0, 0.1) is 17.5 Å². The molecule has 0 aromatic heterocycles. The van der Waals surface area contributed by atoms with E-state index in [9.17, 15) is 23.1 Å². The average molecular weight is 414 g/mol. The van der Waals surface area contributed by atoms with Crippen LogP contribution in [0.1, 0.15) is 18.1 Å². The first-order valence-corrected chi connectivity index (χ1v) is 8.35. The number of aliphatic hydroxyl groups excluding tert-OH is 2. The molecule has 9 heteroatoms. The fourth-order valence-electron chi connectivity index (χ4n) is 2.14. The Morgan fingerprint density at radius 2 is 1.86 bits per heavy atom. The summed E-state index contributed by atoms with van der Waals surface area (Å²) in [7, 11) is 0. The van der Waals surface area contributed by atoms with Crippen LogP contribution >= 0.6 is 11.6 Å². The van der Waals surface area contributed by atoms with Gasteiger partial charge < -0.3 is 14.9 Å². The number of hydrogen-bond donors (Lipinski definition) is 2. The minimum atomic E-state index is -1.62. The number of halogens is 4. The smallest absolute Gasteiger partial charge is 0.343 e. The Morgan fingerprint density at radius 1 is 1.21 bits per heavy atom. The molecule has 0 saturated heterocycles. The molecule has 2 rings (SSSR count). The molecule has 5 nitrogen and oxygen atoms in total. The monoisotopic (exact) mass is 413 g/mol. The lowest BCUT2D eigenvalue weighted by Crippen LogP contribution is -2.12. The van der Waals surface area contributed by atoms with Crippen molar-refractivity contribution in [1.82, 2.24) is 0 Å². The predicted molar refractivity (Wildman–Crippen MR) is 98.0 cm³/mol. The van der Waals surface area contributed by atoms with E-state index < -0.39 is 45.3 Å². The van der Waals surface area contributed by atoms with Gasteiger partial charge in [-0.25, -0.2) is 18.0 Å². The van der Waals surface area contributed by atoms with E-state index in [-0.39, 0.29) is 13.2 Å². The zero-order valence-electron chi connectivity index (χ0n) is 14.5. The molecule has 2 aromatic carbocycles. The summed E-state index contributed by atoms with van der Waals surface area (Å²) in [6.07, 6.45) is 0.899. The van der Waals surface area contributed by atoms with Crippen molar-refractivity contribution >= 4 is 35.2 Å². The molecule has 0 atom stereocenters. The minimum absolute atomic E-state index is 0.0599. The predicted octanol–water partition coefficient (Wildman–Crippen LogP) is 4.48. The lowest BCUT2D eigenvalue weighted by molar-refractivity contribution is -0.137. The number of carbonyl (C=O) groups is 1. The van der Waals surface area contributed by atoms with Crippen LogP contribution < -0.4 is 0 Å². The van der Waals surface area contributed by atoms with Gasteiger partial charge in [-0.15, -0.1) is 0 Å². The molecule has 0 spiro atoms. The van der Waals surface area contributed by atoms with Crippen LogP contribution in [0.3, 0.4) is 0 Å². The topological polar surface area (TPSA) is 79.1 Å². The molecule has 0 aliphatic rings. The molecule has 0 saturated carbocycles. The third-order valence-corrected chi connectivity index (χ3v) is 3.90. The van der Waals surface area contributed by atoms with Crippen molar-refractivity contribution in [3.8, 4) is 0 Å². The molecular formula is C19H15ClF3NO4. The molecule has 28 heavy (non-hydrogen) atoms. The second kappa shape index (κ2) is 9.38. The number of nitrogens with zero attached hydrogens (tertiary/aromatic N) is 1. The molecule has 0 heterocycles. The summed E-state index contributed by atoms with van der Waals surface area (Å²) in [5.41, 5.74) is -0.444. The third-order valence-electron chi connectivity index (χ3n) is 3.57. The van der Waals surface area contributed by atoms with Gasteiger partial charge >= 0.3 is 5.97 Å². The molecule has 2 N–H and O–H groups in total. The third kappa shape index (κ3) is 4.71. The van der Waals surface area contributed by atoms with E-state index in [0.29, 0.717) is 17.3 Å². The highest BCUT2D eigenvalue weighted by molar-refractivity contribution is 6.31. The van der Waals surface area contributed by atoms with Crippen LogP contribution in [0.2, 0.25) is 5.02 Å². The summed E-state index contributed by atoms with van der Waals surface area (Å²) >= 11 is 5.39. The zero-order chi connectivity index (χ0) is 20.8. The quantitative estimate of drug-likeness (QED) is 0.183. The fourth-order valence-corrected chi connectivity index (χ4v) is 2.33. The van der Waals surface area contributed by atoms with Crippen molar-refractivity contribution in [3.63, 3.8) is 0 Å². The van der Waals surface area contributed by atoms with E-state index in [1.54, 1.807) is 12.1 Å². The highest BCUT2D eigenvalue weighted by Crippen LogP contribution is 2.29. The minimum Gasteiger partial charge on any atom is -0.506 e. The summed E-state index contributed by atoms with van der Waals surface area (Å²) < 4.78 is 45.9. The first-order chi connectivity index (χ1) is 13.3. The van der Waals surface area contributed by atoms with Gasteiger partial charge in [0.05, 0.1) is 24.5 Å². The van der Waals surface area contributed by atoms with Crippen LogP contribution in [0.5, 0.6) is 0 Å². The average Bonchev–Trinajstić information content (AvgIpc) is 2.69. The van der Waals surface area contributed by atoms with Crippen molar-refractivity contribution in [1.29, 1.82) is 0 Å². The van der Waals surface area contributed by atoms with E-state index in [1.165, 1.54) is 19.1 Å². The van der Waals surface area contributed by atoms with Gasteiger partial charge in [0, 0.05) is 6.21 Å². The van der Waals surface area contributed by atoms with Crippen molar-refractivity contribution in [2.45, 2.75) is 13.5 Å². The van der Waals surface area contributed by atoms with E-state index in [2.05, 4.69) is 4.99 Å². The summed E-state index contributed by atoms with van der Waals surface area (Å²) in [4.78, 5) is 16.1. The zero-order valence-corrected chi connectivity index (χ0v) is 15.3. The fraction of sp³-hybridized carbons (Fsp3) is 0.158. The summed E-state index contributed by atoms with van der Waals surface area (Å²) in [6, 6.07) is 6.58. The maximum absolute atomic E-state index is 14.2. The van der Waals surface area contributed by atoms with Gasteiger partial charge in [-0.05, 0) is 30.7 Å². The Hall–Kier alpha value is -2.84. The normalized spacial score (nSPS) is 12.2. The molecule has 0 aliphatic heterocycles. The Morgan fingerprint density at radius 3 is 2.43 bits per heavy atom. The van der Waals surface area contributed by atoms with E-state index in [4.69, 9.17) is 21.4 Å². The van der Waals surface area contributed by atoms with Crippen LogP contribution in [0.15, 0.2) is 40.9 Å². The van der Waals surface area contributed by atoms with Gasteiger partial charge in [0.2, 0.25) is 0 Å². The lowest BCUT2D eigenvalue weighted by atomic mass is 10.1. The van der Waals surface area contributed by atoms with Crippen molar-refractivity contribution in [3.05, 3.63) is 69.5 Å². The summed E-state index contributed by atoms with van der Waals surface area (Å²) in [5.74, 6) is -6.65. The van der Waals surface area contributed by atoms with Crippen LogP contribution in [-0.2, 0) is 16.1 Å². The number of aliphatic hydroxyl groups is 2. The lowest BCUT2D eigenvalue weighted by Gasteiger charge is -2.09. The first kappa shape index (κ1) is 21.5. The van der Waals surface area contributed by atoms with Crippen LogP contribution in [-0.4, -0.2) is 29.0 Å². The Labute approximate surface area is 163 Å². The van der Waals surface area contributed by atoms with Crippen molar-refractivity contribution in [2.24, 2.45) is 4.99 Å². The van der Waals surface area contributed by atoms with Gasteiger partial charge in [-0.2, -0.15) is 0 Å². The van der Waals surface area contributed by atoms with E-state index >= 15 is 0 Å². The molecule has 0 amide bonds. The standard InChI is InChI=1S/C19H15ClF3NO4/c1-2-28-19(27)13(8-24-11-5-3-10(9-25)4-6-11)18(26)12-7-14(21)17(23)15(20)16(12)22/h3-8,25-26H,2,9H2,1H3. The molecule has 0 fully saturated rings. The maximum atomic E-state index is 14.2. The SMILES string of the molecule is CCOC(=O)C(C=Nc1ccc(CO)cc1)=C(O)c1cc(F)c(F)c(Cl)c1F. The van der Waals surface area contributed by atoms with E-state index in [0.717, 1.165) is 6.21 Å². The Bertz CT molecular complexity index is 943. The number of ether oxygens (including phenoxy) is 1. The highest BCUT2D eigenvalue weighted by atomic mass is 35.5. The second-order valence-electron chi connectivity index (χ2n) is 5.41. The van der Waals surface area contributed by atoms with Crippen molar-refractivity contribution in [2.75, 3.05) is 6.61 Å².